The maximum Gasteiger partial charge on any atom is 0.0110 e. The maximum atomic E-state index is 3.49. The fourth-order valence-corrected chi connectivity index (χ4v) is 2.97. The van der Waals surface area contributed by atoms with Crippen LogP contribution in [0, 0.1) is 17.8 Å². The van der Waals surface area contributed by atoms with Gasteiger partial charge in [0.1, 0.15) is 0 Å². The molecule has 0 aromatic carbocycles. The first kappa shape index (κ1) is 12.0. The van der Waals surface area contributed by atoms with E-state index in [0.717, 1.165) is 23.8 Å². The van der Waals surface area contributed by atoms with Crippen LogP contribution < -0.4 is 5.32 Å². The second-order valence-electron chi connectivity index (χ2n) is 5.38. The molecule has 1 N–H and O–H groups in total. The molecule has 1 aliphatic carbocycles. The zero-order chi connectivity index (χ0) is 10.7. The van der Waals surface area contributed by atoms with Crippen molar-refractivity contribution in [1.29, 1.82) is 0 Å². The first-order valence-electron chi connectivity index (χ1n) is 5.86. The zero-order valence-corrected chi connectivity index (χ0v) is 10.4. The molecule has 0 saturated heterocycles. The van der Waals surface area contributed by atoms with Crippen molar-refractivity contribution in [3.05, 3.63) is 0 Å². The summed E-state index contributed by atoms with van der Waals surface area (Å²) in [5.74, 6) is 2.57. The van der Waals surface area contributed by atoms with Gasteiger partial charge in [-0.3, -0.25) is 0 Å². The van der Waals surface area contributed by atoms with Crippen molar-refractivity contribution in [2.75, 3.05) is 27.7 Å². The van der Waals surface area contributed by atoms with E-state index in [1.165, 1.54) is 19.4 Å². The number of hydrogen-bond acceptors (Lipinski definition) is 2. The Bertz CT molecular complexity index is 168. The van der Waals surface area contributed by atoms with Gasteiger partial charge in [-0.05, 0) is 51.7 Å². The minimum absolute atomic E-state index is 0.719. The molecule has 84 valence electrons. The van der Waals surface area contributed by atoms with Crippen LogP contribution in [0.25, 0.3) is 0 Å². The summed E-state index contributed by atoms with van der Waals surface area (Å²) in [4.78, 5) is 2.32. The molecule has 0 heterocycles. The molecule has 2 nitrogen and oxygen atoms in total. The van der Waals surface area contributed by atoms with Crippen molar-refractivity contribution < 1.29 is 0 Å². The highest BCUT2D eigenvalue weighted by Gasteiger charge is 2.32. The summed E-state index contributed by atoms with van der Waals surface area (Å²) in [5.41, 5.74) is 0. The molecule has 2 heteroatoms. The third kappa shape index (κ3) is 2.96. The van der Waals surface area contributed by atoms with Crippen molar-refractivity contribution >= 4 is 0 Å². The Morgan fingerprint density at radius 2 is 1.86 bits per heavy atom. The molecular weight excluding hydrogens is 172 g/mol. The standard InChI is InChI=1S/C12H26N2/c1-9-6-10(2)11(8-14(4)5)12(7-9)13-3/h9-13H,6-8H2,1-5H3. The van der Waals surface area contributed by atoms with Gasteiger partial charge in [0.15, 0.2) is 0 Å². The van der Waals surface area contributed by atoms with Gasteiger partial charge in [0.2, 0.25) is 0 Å². The first-order valence-corrected chi connectivity index (χ1v) is 5.86. The van der Waals surface area contributed by atoms with Crippen LogP contribution in [0.1, 0.15) is 26.7 Å². The number of rotatable bonds is 3. The summed E-state index contributed by atoms with van der Waals surface area (Å²) < 4.78 is 0. The predicted octanol–water partition coefficient (Wildman–Crippen LogP) is 1.82. The van der Waals surface area contributed by atoms with Crippen molar-refractivity contribution in [1.82, 2.24) is 10.2 Å². The van der Waals surface area contributed by atoms with Gasteiger partial charge in [-0.2, -0.15) is 0 Å². The SMILES string of the molecule is CNC1CC(C)CC(C)C1CN(C)C. The second kappa shape index (κ2) is 5.13. The maximum absolute atomic E-state index is 3.49. The summed E-state index contributed by atoms with van der Waals surface area (Å²) in [6.45, 7) is 6.01. The molecule has 0 aromatic heterocycles. The zero-order valence-electron chi connectivity index (χ0n) is 10.4. The van der Waals surface area contributed by atoms with Crippen molar-refractivity contribution in [3.63, 3.8) is 0 Å². The molecule has 14 heavy (non-hydrogen) atoms. The highest BCUT2D eigenvalue weighted by atomic mass is 15.1. The Morgan fingerprint density at radius 1 is 1.21 bits per heavy atom. The number of nitrogens with one attached hydrogen (secondary N) is 1. The summed E-state index contributed by atoms with van der Waals surface area (Å²) >= 11 is 0. The second-order valence-corrected chi connectivity index (χ2v) is 5.38. The number of hydrogen-bond donors (Lipinski definition) is 1. The third-order valence-electron chi connectivity index (χ3n) is 3.62. The summed E-state index contributed by atoms with van der Waals surface area (Å²) in [5, 5.41) is 3.49. The lowest BCUT2D eigenvalue weighted by Gasteiger charge is -2.40. The average Bonchev–Trinajstić information content (AvgIpc) is 2.08. The lowest BCUT2D eigenvalue weighted by molar-refractivity contribution is 0.124. The van der Waals surface area contributed by atoms with E-state index in [-0.39, 0.29) is 0 Å². The fourth-order valence-electron chi connectivity index (χ4n) is 2.97. The Hall–Kier alpha value is -0.0800. The van der Waals surface area contributed by atoms with E-state index in [1.807, 2.05) is 0 Å². The molecule has 0 amide bonds. The van der Waals surface area contributed by atoms with Crippen molar-refractivity contribution in [3.8, 4) is 0 Å². The summed E-state index contributed by atoms with van der Waals surface area (Å²) in [7, 11) is 6.47. The quantitative estimate of drug-likeness (QED) is 0.744. The van der Waals surface area contributed by atoms with E-state index in [2.05, 4.69) is 45.2 Å². The van der Waals surface area contributed by atoms with Gasteiger partial charge < -0.3 is 10.2 Å². The highest BCUT2D eigenvalue weighted by Crippen LogP contribution is 2.33. The largest absolute Gasteiger partial charge is 0.317 e. The van der Waals surface area contributed by atoms with Crippen LogP contribution in [0.5, 0.6) is 0 Å². The molecular formula is C12H26N2. The van der Waals surface area contributed by atoms with Gasteiger partial charge in [-0.25, -0.2) is 0 Å². The Kier molecular flexibility index (Phi) is 4.39. The van der Waals surface area contributed by atoms with Gasteiger partial charge in [0, 0.05) is 12.6 Å². The fraction of sp³-hybridized carbons (Fsp3) is 1.00. The molecule has 4 unspecified atom stereocenters. The molecule has 0 aromatic rings. The monoisotopic (exact) mass is 198 g/mol. The van der Waals surface area contributed by atoms with Crippen LogP contribution in [-0.4, -0.2) is 38.6 Å². The molecule has 1 rings (SSSR count). The normalized spacial score (nSPS) is 39.0. The first-order chi connectivity index (χ1) is 6.54. The summed E-state index contributed by atoms with van der Waals surface area (Å²) in [6.07, 6.45) is 2.75. The molecule has 1 saturated carbocycles. The topological polar surface area (TPSA) is 15.3 Å². The predicted molar refractivity (Wildman–Crippen MR) is 62.5 cm³/mol. The highest BCUT2D eigenvalue weighted by molar-refractivity contribution is 4.87. The van der Waals surface area contributed by atoms with Gasteiger partial charge in [-0.1, -0.05) is 13.8 Å². The van der Waals surface area contributed by atoms with Crippen LogP contribution in [0.2, 0.25) is 0 Å². The average molecular weight is 198 g/mol. The molecule has 0 radical (unpaired) electrons. The van der Waals surface area contributed by atoms with Crippen LogP contribution in [0.3, 0.4) is 0 Å². The van der Waals surface area contributed by atoms with Crippen molar-refractivity contribution in [2.45, 2.75) is 32.7 Å². The number of nitrogens with zero attached hydrogens (tertiary/aromatic N) is 1. The Morgan fingerprint density at radius 3 is 2.36 bits per heavy atom. The van der Waals surface area contributed by atoms with E-state index in [9.17, 15) is 0 Å². The van der Waals surface area contributed by atoms with Gasteiger partial charge in [0.25, 0.3) is 0 Å². The molecule has 0 spiro atoms. The lowest BCUT2D eigenvalue weighted by atomic mass is 9.72. The minimum atomic E-state index is 0.719. The molecule has 0 aliphatic heterocycles. The Balaban J connectivity index is 2.58. The van der Waals surface area contributed by atoms with E-state index >= 15 is 0 Å². The van der Waals surface area contributed by atoms with Crippen LogP contribution in [-0.2, 0) is 0 Å². The van der Waals surface area contributed by atoms with E-state index in [0.29, 0.717) is 0 Å². The van der Waals surface area contributed by atoms with Crippen molar-refractivity contribution in [2.24, 2.45) is 17.8 Å². The molecule has 0 bridgehead atoms. The van der Waals surface area contributed by atoms with Gasteiger partial charge in [-0.15, -0.1) is 0 Å². The van der Waals surface area contributed by atoms with Gasteiger partial charge in [0.05, 0.1) is 0 Å². The third-order valence-corrected chi connectivity index (χ3v) is 3.62. The Labute approximate surface area is 89.1 Å². The molecule has 4 atom stereocenters. The smallest absolute Gasteiger partial charge is 0.0110 e. The van der Waals surface area contributed by atoms with Crippen LogP contribution >= 0.6 is 0 Å². The lowest BCUT2D eigenvalue weighted by Crippen LogP contribution is -2.46. The summed E-state index contributed by atoms with van der Waals surface area (Å²) in [6, 6.07) is 0.719. The molecule has 1 fully saturated rings. The van der Waals surface area contributed by atoms with Gasteiger partial charge >= 0.3 is 0 Å². The van der Waals surface area contributed by atoms with Crippen LogP contribution in [0.15, 0.2) is 0 Å². The van der Waals surface area contributed by atoms with Crippen LogP contribution in [0.4, 0.5) is 0 Å². The van der Waals surface area contributed by atoms with E-state index in [4.69, 9.17) is 0 Å². The van der Waals surface area contributed by atoms with E-state index < -0.39 is 0 Å². The van der Waals surface area contributed by atoms with E-state index in [1.54, 1.807) is 0 Å². The molecule has 1 aliphatic rings. The minimum Gasteiger partial charge on any atom is -0.317 e.